The molecule has 6 heteroatoms. The summed E-state index contributed by atoms with van der Waals surface area (Å²) < 4.78 is 2.54. The van der Waals surface area contributed by atoms with Crippen LogP contribution in [0.1, 0.15) is 25.2 Å². The van der Waals surface area contributed by atoms with Gasteiger partial charge in [-0.15, -0.1) is 0 Å². The molecule has 0 bridgehead atoms. The zero-order valence-electron chi connectivity index (χ0n) is 7.91. The summed E-state index contributed by atoms with van der Waals surface area (Å²) in [5.74, 6) is 0.997. The van der Waals surface area contributed by atoms with Crippen LogP contribution < -0.4 is 5.32 Å². The number of rotatable bonds is 2. The largest absolute Gasteiger partial charge is 0.354 e. The molecule has 76 valence electrons. The minimum Gasteiger partial charge on any atom is -0.354 e. The standard InChI is InChI=1S/C8H12N4OS/c1-2-6-10-11-8(14)12(6)5-3-7(13)9-4-5/h5H,2-4H2,1H3,(H,9,13)(H,11,14). The molecular weight excluding hydrogens is 200 g/mol. The average molecular weight is 212 g/mol. The van der Waals surface area contributed by atoms with Gasteiger partial charge in [-0.2, -0.15) is 5.10 Å². The number of carbonyl (C=O) groups excluding carboxylic acids is 1. The van der Waals surface area contributed by atoms with Gasteiger partial charge in [-0.05, 0) is 12.2 Å². The first-order valence-corrected chi connectivity index (χ1v) is 5.05. The van der Waals surface area contributed by atoms with Crippen LogP contribution in [0.2, 0.25) is 0 Å². The number of hydrogen-bond acceptors (Lipinski definition) is 3. The number of H-pyrrole nitrogens is 1. The molecule has 1 aliphatic rings. The van der Waals surface area contributed by atoms with E-state index >= 15 is 0 Å². The summed E-state index contributed by atoms with van der Waals surface area (Å²) in [6, 6.07) is 0.128. The number of nitrogens with one attached hydrogen (secondary N) is 2. The Bertz CT molecular complexity index is 408. The van der Waals surface area contributed by atoms with E-state index < -0.39 is 0 Å². The third-order valence-electron chi connectivity index (χ3n) is 2.41. The quantitative estimate of drug-likeness (QED) is 0.704. The molecule has 1 aromatic rings. The maximum absolute atomic E-state index is 11.1. The van der Waals surface area contributed by atoms with E-state index in [1.165, 1.54) is 0 Å². The monoisotopic (exact) mass is 212 g/mol. The molecule has 2 heterocycles. The van der Waals surface area contributed by atoms with Crippen molar-refractivity contribution < 1.29 is 4.79 Å². The van der Waals surface area contributed by atoms with Crippen LogP contribution in [0.25, 0.3) is 0 Å². The summed E-state index contributed by atoms with van der Waals surface area (Å²) in [5, 5.41) is 9.66. The Morgan fingerprint density at radius 2 is 2.50 bits per heavy atom. The molecule has 5 nitrogen and oxygen atoms in total. The third kappa shape index (κ3) is 1.45. The van der Waals surface area contributed by atoms with Gasteiger partial charge in [-0.25, -0.2) is 0 Å². The van der Waals surface area contributed by atoms with Crippen molar-refractivity contribution in [1.82, 2.24) is 20.1 Å². The zero-order chi connectivity index (χ0) is 10.1. The van der Waals surface area contributed by atoms with E-state index in [9.17, 15) is 4.79 Å². The van der Waals surface area contributed by atoms with E-state index in [2.05, 4.69) is 15.5 Å². The average Bonchev–Trinajstić information content (AvgIpc) is 2.71. The van der Waals surface area contributed by atoms with Gasteiger partial charge in [0.2, 0.25) is 5.91 Å². The first-order valence-electron chi connectivity index (χ1n) is 4.65. The Morgan fingerprint density at radius 3 is 3.07 bits per heavy atom. The first-order chi connectivity index (χ1) is 6.72. The minimum atomic E-state index is 0.0835. The van der Waals surface area contributed by atoms with Crippen molar-refractivity contribution in [3.63, 3.8) is 0 Å². The van der Waals surface area contributed by atoms with Gasteiger partial charge in [0.1, 0.15) is 5.82 Å². The van der Waals surface area contributed by atoms with Crippen LogP contribution in [0.5, 0.6) is 0 Å². The molecule has 0 radical (unpaired) electrons. The zero-order valence-corrected chi connectivity index (χ0v) is 8.73. The van der Waals surface area contributed by atoms with Crippen LogP contribution >= 0.6 is 12.2 Å². The van der Waals surface area contributed by atoms with Crippen molar-refractivity contribution in [3.05, 3.63) is 10.6 Å². The van der Waals surface area contributed by atoms with Crippen LogP contribution in [0, 0.1) is 4.77 Å². The molecule has 1 aliphatic heterocycles. The predicted octanol–water partition coefficient (Wildman–Crippen LogP) is 0.564. The van der Waals surface area contributed by atoms with Crippen LogP contribution in [-0.4, -0.2) is 27.2 Å². The van der Waals surface area contributed by atoms with Crippen LogP contribution in [-0.2, 0) is 11.2 Å². The van der Waals surface area contributed by atoms with Gasteiger partial charge in [0.15, 0.2) is 4.77 Å². The summed E-state index contributed by atoms with van der Waals surface area (Å²) in [4.78, 5) is 11.1. The molecule has 0 saturated carbocycles. The Morgan fingerprint density at radius 1 is 1.71 bits per heavy atom. The maximum Gasteiger partial charge on any atom is 0.222 e. The Balaban J connectivity index is 2.35. The second-order valence-corrected chi connectivity index (χ2v) is 3.72. The van der Waals surface area contributed by atoms with Crippen LogP contribution in [0.4, 0.5) is 0 Å². The molecular formula is C8H12N4OS. The highest BCUT2D eigenvalue weighted by Crippen LogP contribution is 2.18. The highest BCUT2D eigenvalue weighted by Gasteiger charge is 2.25. The molecule has 1 unspecified atom stereocenters. The number of aromatic amines is 1. The highest BCUT2D eigenvalue weighted by atomic mass is 32.1. The van der Waals surface area contributed by atoms with Crippen molar-refractivity contribution in [2.75, 3.05) is 6.54 Å². The lowest BCUT2D eigenvalue weighted by molar-refractivity contribution is -0.119. The van der Waals surface area contributed by atoms with Crippen molar-refractivity contribution in [3.8, 4) is 0 Å². The van der Waals surface area contributed by atoms with E-state index in [0.29, 0.717) is 17.7 Å². The van der Waals surface area contributed by atoms with Gasteiger partial charge in [-0.3, -0.25) is 14.5 Å². The van der Waals surface area contributed by atoms with Gasteiger partial charge in [0.25, 0.3) is 0 Å². The van der Waals surface area contributed by atoms with Crippen LogP contribution in [0.15, 0.2) is 0 Å². The third-order valence-corrected chi connectivity index (χ3v) is 2.70. The normalized spacial score (nSPS) is 21.2. The first kappa shape index (κ1) is 9.39. The fourth-order valence-electron chi connectivity index (χ4n) is 1.74. The SMILES string of the molecule is CCc1n[nH]c(=S)n1C1CNC(=O)C1. The van der Waals surface area contributed by atoms with Gasteiger partial charge in [0.05, 0.1) is 6.04 Å². The summed E-state index contributed by atoms with van der Waals surface area (Å²) in [6.07, 6.45) is 1.32. The predicted molar refractivity (Wildman–Crippen MR) is 53.5 cm³/mol. The molecule has 1 fully saturated rings. The van der Waals surface area contributed by atoms with E-state index in [4.69, 9.17) is 12.2 Å². The van der Waals surface area contributed by atoms with E-state index in [-0.39, 0.29) is 11.9 Å². The number of aryl methyl sites for hydroxylation is 1. The van der Waals surface area contributed by atoms with Crippen LogP contribution in [0.3, 0.4) is 0 Å². The topological polar surface area (TPSA) is 62.7 Å². The van der Waals surface area contributed by atoms with E-state index in [1.54, 1.807) is 0 Å². The van der Waals surface area contributed by atoms with Gasteiger partial charge >= 0.3 is 0 Å². The lowest BCUT2D eigenvalue weighted by atomic mass is 10.2. The maximum atomic E-state index is 11.1. The lowest BCUT2D eigenvalue weighted by Gasteiger charge is -2.10. The number of aromatic nitrogens is 3. The molecule has 1 amide bonds. The van der Waals surface area contributed by atoms with Gasteiger partial charge in [0, 0.05) is 19.4 Å². The molecule has 1 atom stereocenters. The number of carbonyl (C=O) groups is 1. The summed E-state index contributed by atoms with van der Waals surface area (Å²) in [5.41, 5.74) is 0. The lowest BCUT2D eigenvalue weighted by Crippen LogP contribution is -2.16. The van der Waals surface area contributed by atoms with E-state index in [0.717, 1.165) is 12.2 Å². The number of amides is 1. The van der Waals surface area contributed by atoms with Gasteiger partial charge in [-0.1, -0.05) is 6.92 Å². The summed E-state index contributed by atoms with van der Waals surface area (Å²) >= 11 is 5.12. The molecule has 1 aromatic heterocycles. The van der Waals surface area contributed by atoms with Gasteiger partial charge < -0.3 is 5.32 Å². The van der Waals surface area contributed by atoms with Crippen molar-refractivity contribution in [1.29, 1.82) is 0 Å². The second kappa shape index (κ2) is 3.53. The smallest absolute Gasteiger partial charge is 0.222 e. The summed E-state index contributed by atoms with van der Waals surface area (Å²) in [6.45, 7) is 2.67. The molecule has 0 aliphatic carbocycles. The minimum absolute atomic E-state index is 0.0835. The number of hydrogen-bond donors (Lipinski definition) is 2. The fourth-order valence-corrected chi connectivity index (χ4v) is 2.04. The Kier molecular flexibility index (Phi) is 2.37. The van der Waals surface area contributed by atoms with E-state index in [1.807, 2.05) is 11.5 Å². The molecule has 0 aromatic carbocycles. The van der Waals surface area contributed by atoms with Crippen molar-refractivity contribution in [2.24, 2.45) is 0 Å². The Hall–Kier alpha value is -1.17. The number of nitrogens with zero attached hydrogens (tertiary/aromatic N) is 2. The Labute approximate surface area is 86.5 Å². The second-order valence-electron chi connectivity index (χ2n) is 3.33. The molecule has 2 N–H and O–H groups in total. The van der Waals surface area contributed by atoms with Crippen molar-refractivity contribution in [2.45, 2.75) is 25.8 Å². The molecule has 14 heavy (non-hydrogen) atoms. The molecule has 1 saturated heterocycles. The van der Waals surface area contributed by atoms with Crippen molar-refractivity contribution >= 4 is 18.1 Å². The fraction of sp³-hybridized carbons (Fsp3) is 0.625. The summed E-state index contributed by atoms with van der Waals surface area (Å²) in [7, 11) is 0. The molecule has 0 spiro atoms. The highest BCUT2D eigenvalue weighted by molar-refractivity contribution is 7.71. The molecule has 2 rings (SSSR count).